The predicted octanol–water partition coefficient (Wildman–Crippen LogP) is 2.17. The van der Waals surface area contributed by atoms with Gasteiger partial charge in [-0.05, 0) is 44.4 Å². The summed E-state index contributed by atoms with van der Waals surface area (Å²) in [5, 5.41) is 7.25. The van der Waals surface area contributed by atoms with E-state index in [1.807, 2.05) is 38.1 Å². The molecule has 1 N–H and O–H groups in total. The number of aryl methyl sites for hydroxylation is 2. The maximum absolute atomic E-state index is 12.2. The molecule has 120 valence electrons. The fourth-order valence-corrected chi connectivity index (χ4v) is 2.66. The zero-order valence-electron chi connectivity index (χ0n) is 13.5. The number of hydrogen-bond donors (Lipinski definition) is 1. The molecular weight excluding hydrogens is 290 g/mol. The number of rotatable bonds is 5. The van der Waals surface area contributed by atoms with Gasteiger partial charge in [-0.1, -0.05) is 17.7 Å². The average molecular weight is 311 g/mol. The largest absolute Gasteiger partial charge is 0.350 e. The Kier molecular flexibility index (Phi) is 4.28. The van der Waals surface area contributed by atoms with E-state index in [2.05, 4.69) is 10.4 Å². The van der Waals surface area contributed by atoms with Gasteiger partial charge >= 0.3 is 0 Å². The molecule has 1 saturated carbocycles. The second-order valence-electron chi connectivity index (χ2n) is 6.17. The van der Waals surface area contributed by atoms with E-state index >= 15 is 0 Å². The van der Waals surface area contributed by atoms with Crippen LogP contribution in [-0.2, 0) is 6.54 Å². The highest BCUT2D eigenvalue weighted by Gasteiger charge is 2.25. The predicted molar refractivity (Wildman–Crippen MR) is 88.7 cm³/mol. The maximum Gasteiger partial charge on any atom is 0.266 e. The molecule has 0 spiro atoms. The van der Waals surface area contributed by atoms with Gasteiger partial charge in [-0.3, -0.25) is 9.59 Å². The van der Waals surface area contributed by atoms with Crippen LogP contribution in [0.2, 0.25) is 0 Å². The fourth-order valence-electron chi connectivity index (χ4n) is 2.66. The first-order valence-corrected chi connectivity index (χ1v) is 7.98. The molecule has 0 aliphatic heterocycles. The molecule has 1 heterocycles. The lowest BCUT2D eigenvalue weighted by Crippen LogP contribution is -2.32. The molecule has 1 aliphatic rings. The van der Waals surface area contributed by atoms with Gasteiger partial charge in [0.1, 0.15) is 0 Å². The quantitative estimate of drug-likeness (QED) is 0.920. The van der Waals surface area contributed by atoms with Crippen molar-refractivity contribution in [3.05, 3.63) is 63.1 Å². The highest BCUT2D eigenvalue weighted by Crippen LogP contribution is 2.38. The highest BCUT2D eigenvalue weighted by atomic mass is 16.2. The molecule has 5 nitrogen and oxygen atoms in total. The molecule has 0 unspecified atom stereocenters. The molecule has 23 heavy (non-hydrogen) atoms. The molecule has 2 aromatic rings. The lowest BCUT2D eigenvalue weighted by Gasteiger charge is -2.10. The molecule has 0 atom stereocenters. The van der Waals surface area contributed by atoms with Gasteiger partial charge in [0, 0.05) is 24.1 Å². The van der Waals surface area contributed by atoms with Gasteiger partial charge in [-0.25, -0.2) is 4.68 Å². The van der Waals surface area contributed by atoms with E-state index in [9.17, 15) is 9.59 Å². The first kappa shape index (κ1) is 15.5. The third kappa shape index (κ3) is 3.67. The minimum atomic E-state index is -0.129. The van der Waals surface area contributed by atoms with Gasteiger partial charge < -0.3 is 5.32 Å². The SMILES string of the molecule is Cc1ccc(C(=O)NCCn2nc(C3CC3)ccc2=O)c(C)c1. The summed E-state index contributed by atoms with van der Waals surface area (Å²) in [5.74, 6) is 0.389. The van der Waals surface area contributed by atoms with Crippen LogP contribution in [0, 0.1) is 13.8 Å². The van der Waals surface area contributed by atoms with E-state index < -0.39 is 0 Å². The van der Waals surface area contributed by atoms with Crippen LogP contribution < -0.4 is 10.9 Å². The monoisotopic (exact) mass is 311 g/mol. The summed E-state index contributed by atoms with van der Waals surface area (Å²) in [6.07, 6.45) is 2.29. The summed E-state index contributed by atoms with van der Waals surface area (Å²) < 4.78 is 1.44. The first-order valence-electron chi connectivity index (χ1n) is 7.98. The van der Waals surface area contributed by atoms with Gasteiger partial charge in [0.25, 0.3) is 11.5 Å². The molecule has 0 saturated heterocycles. The van der Waals surface area contributed by atoms with Crippen molar-refractivity contribution in [2.75, 3.05) is 6.54 Å². The number of amides is 1. The molecule has 1 aliphatic carbocycles. The van der Waals surface area contributed by atoms with Crippen molar-refractivity contribution in [3.63, 3.8) is 0 Å². The number of benzene rings is 1. The molecule has 0 bridgehead atoms. The van der Waals surface area contributed by atoms with E-state index in [4.69, 9.17) is 0 Å². The van der Waals surface area contributed by atoms with Crippen LogP contribution in [0.1, 0.15) is 45.9 Å². The lowest BCUT2D eigenvalue weighted by atomic mass is 10.1. The topological polar surface area (TPSA) is 64.0 Å². The number of nitrogens with one attached hydrogen (secondary N) is 1. The highest BCUT2D eigenvalue weighted by molar-refractivity contribution is 5.95. The van der Waals surface area contributed by atoms with Crippen LogP contribution >= 0.6 is 0 Å². The standard InChI is InChI=1S/C18H21N3O2/c1-12-3-6-15(13(2)11-12)18(23)19-9-10-21-17(22)8-7-16(20-21)14-4-5-14/h3,6-8,11,14H,4-5,9-10H2,1-2H3,(H,19,23). The van der Waals surface area contributed by atoms with Crippen LogP contribution in [0.3, 0.4) is 0 Å². The minimum absolute atomic E-state index is 0.117. The Bertz CT molecular complexity index is 791. The van der Waals surface area contributed by atoms with Crippen molar-refractivity contribution in [1.82, 2.24) is 15.1 Å². The Balaban J connectivity index is 1.62. The summed E-state index contributed by atoms with van der Waals surface area (Å²) >= 11 is 0. The Morgan fingerprint density at radius 1 is 1.26 bits per heavy atom. The van der Waals surface area contributed by atoms with Crippen molar-refractivity contribution in [2.24, 2.45) is 0 Å². The Morgan fingerprint density at radius 3 is 2.74 bits per heavy atom. The molecule has 5 heteroatoms. The second-order valence-corrected chi connectivity index (χ2v) is 6.17. The summed E-state index contributed by atoms with van der Waals surface area (Å²) in [5.41, 5.74) is 3.60. The Hall–Kier alpha value is -2.43. The number of nitrogens with zero attached hydrogens (tertiary/aromatic N) is 2. The molecule has 0 radical (unpaired) electrons. The van der Waals surface area contributed by atoms with E-state index in [0.717, 1.165) is 29.7 Å². The van der Waals surface area contributed by atoms with E-state index in [1.54, 1.807) is 6.07 Å². The number of carbonyl (C=O) groups excluding carboxylic acids is 1. The van der Waals surface area contributed by atoms with Gasteiger partial charge in [0.2, 0.25) is 0 Å². The number of aromatic nitrogens is 2. The summed E-state index contributed by atoms with van der Waals surface area (Å²) in [7, 11) is 0. The van der Waals surface area contributed by atoms with Gasteiger partial charge in [-0.2, -0.15) is 5.10 Å². The zero-order valence-corrected chi connectivity index (χ0v) is 13.5. The summed E-state index contributed by atoms with van der Waals surface area (Å²) in [6.45, 7) is 4.69. The van der Waals surface area contributed by atoms with Crippen LogP contribution in [0.5, 0.6) is 0 Å². The number of carbonyl (C=O) groups is 1. The van der Waals surface area contributed by atoms with Crippen LogP contribution in [0.4, 0.5) is 0 Å². The van der Waals surface area contributed by atoms with Crippen molar-refractivity contribution < 1.29 is 4.79 Å². The van der Waals surface area contributed by atoms with Crippen LogP contribution in [0.15, 0.2) is 35.1 Å². The van der Waals surface area contributed by atoms with Crippen molar-refractivity contribution in [1.29, 1.82) is 0 Å². The number of hydrogen-bond acceptors (Lipinski definition) is 3. The van der Waals surface area contributed by atoms with Crippen molar-refractivity contribution in [2.45, 2.75) is 39.2 Å². The van der Waals surface area contributed by atoms with Gasteiger partial charge in [-0.15, -0.1) is 0 Å². The zero-order chi connectivity index (χ0) is 16.4. The Morgan fingerprint density at radius 2 is 2.04 bits per heavy atom. The van der Waals surface area contributed by atoms with Crippen LogP contribution in [-0.4, -0.2) is 22.2 Å². The van der Waals surface area contributed by atoms with Crippen LogP contribution in [0.25, 0.3) is 0 Å². The van der Waals surface area contributed by atoms with Gasteiger partial charge in [0.05, 0.1) is 12.2 Å². The molecule has 1 aromatic carbocycles. The smallest absolute Gasteiger partial charge is 0.266 e. The molecule has 1 amide bonds. The van der Waals surface area contributed by atoms with Crippen molar-refractivity contribution >= 4 is 5.91 Å². The third-order valence-electron chi connectivity index (χ3n) is 4.12. The average Bonchev–Trinajstić information content (AvgIpc) is 3.33. The third-order valence-corrected chi connectivity index (χ3v) is 4.12. The van der Waals surface area contributed by atoms with Gasteiger partial charge in [0.15, 0.2) is 0 Å². The Labute approximate surface area is 135 Å². The van der Waals surface area contributed by atoms with Crippen molar-refractivity contribution in [3.8, 4) is 0 Å². The van der Waals surface area contributed by atoms with E-state index in [0.29, 0.717) is 24.6 Å². The summed E-state index contributed by atoms with van der Waals surface area (Å²) in [4.78, 5) is 24.1. The first-order chi connectivity index (χ1) is 11.0. The molecule has 1 aromatic heterocycles. The lowest BCUT2D eigenvalue weighted by molar-refractivity contribution is 0.0951. The molecular formula is C18H21N3O2. The van der Waals surface area contributed by atoms with E-state index in [1.165, 1.54) is 4.68 Å². The minimum Gasteiger partial charge on any atom is -0.350 e. The molecule has 1 fully saturated rings. The fraction of sp³-hybridized carbons (Fsp3) is 0.389. The second kappa shape index (κ2) is 6.36. The summed E-state index contributed by atoms with van der Waals surface area (Å²) in [6, 6.07) is 9.11. The normalized spacial score (nSPS) is 13.8. The molecule has 3 rings (SSSR count). The maximum atomic E-state index is 12.2. The van der Waals surface area contributed by atoms with E-state index in [-0.39, 0.29) is 11.5 Å².